The monoisotopic (exact) mass is 475 g/mol. The van der Waals surface area contributed by atoms with Crippen molar-refractivity contribution in [2.45, 2.75) is 25.0 Å². The normalized spacial score (nSPS) is 20.9. The van der Waals surface area contributed by atoms with E-state index in [1.807, 2.05) is 0 Å². The molecular formula is C23H25N9O3. The Morgan fingerprint density at radius 1 is 1.26 bits per heavy atom. The van der Waals surface area contributed by atoms with Gasteiger partial charge in [-0.15, -0.1) is 0 Å². The van der Waals surface area contributed by atoms with Crippen LogP contribution >= 0.6 is 0 Å². The Labute approximate surface area is 199 Å². The molecule has 4 aromatic rings. The van der Waals surface area contributed by atoms with Gasteiger partial charge in [0.15, 0.2) is 11.5 Å². The first-order chi connectivity index (χ1) is 17.0. The zero-order valence-corrected chi connectivity index (χ0v) is 19.3. The number of fused-ring (bicyclic) bond motifs is 2. The van der Waals surface area contributed by atoms with Crippen LogP contribution < -0.4 is 21.5 Å². The zero-order chi connectivity index (χ0) is 24.1. The standard InChI is InChI=1S/C23H25N9O3/c1-24-19-11-17(26-15-4-3-7-31(23(15)34)18-5-8-30(2)29-18)28-21-14(12-25-32(19)21)22(33)27-16-10-13-6-9-35-20(13)16/h3-5,7-8,11-13,16,20,24H,6,9-10H2,1-2H3,(H,26,28)(H,27,33)/t13-,16?,20-/m0/s1. The third-order valence-corrected chi connectivity index (χ3v) is 6.66. The molecule has 12 heteroatoms. The van der Waals surface area contributed by atoms with E-state index in [4.69, 9.17) is 4.74 Å². The van der Waals surface area contributed by atoms with Crippen molar-refractivity contribution in [2.24, 2.45) is 13.0 Å². The maximum absolute atomic E-state index is 13.1. The van der Waals surface area contributed by atoms with E-state index in [-0.39, 0.29) is 23.6 Å². The van der Waals surface area contributed by atoms with E-state index in [9.17, 15) is 9.59 Å². The summed E-state index contributed by atoms with van der Waals surface area (Å²) < 4.78 is 10.4. The van der Waals surface area contributed by atoms with Gasteiger partial charge in [0.25, 0.3) is 11.5 Å². The van der Waals surface area contributed by atoms with Crippen molar-refractivity contribution in [3.8, 4) is 5.82 Å². The number of ether oxygens (including phenoxy) is 1. The van der Waals surface area contributed by atoms with E-state index in [1.165, 1.54) is 10.8 Å². The highest BCUT2D eigenvalue weighted by Gasteiger charge is 2.46. The Balaban J connectivity index is 1.31. The van der Waals surface area contributed by atoms with Gasteiger partial charge in [0.1, 0.15) is 22.9 Å². The second-order valence-electron chi connectivity index (χ2n) is 8.84. The van der Waals surface area contributed by atoms with Gasteiger partial charge in [-0.1, -0.05) is 0 Å². The number of aromatic nitrogens is 6. The molecule has 2 aliphatic rings. The molecule has 12 nitrogen and oxygen atoms in total. The van der Waals surface area contributed by atoms with Gasteiger partial charge in [-0.2, -0.15) is 14.7 Å². The van der Waals surface area contributed by atoms with E-state index in [0.29, 0.717) is 40.3 Å². The lowest BCUT2D eigenvalue weighted by atomic mass is 9.77. The van der Waals surface area contributed by atoms with Crippen molar-refractivity contribution in [1.29, 1.82) is 0 Å². The summed E-state index contributed by atoms with van der Waals surface area (Å²) in [5.41, 5.74) is 0.773. The largest absolute Gasteiger partial charge is 0.376 e. The van der Waals surface area contributed by atoms with Gasteiger partial charge < -0.3 is 20.7 Å². The summed E-state index contributed by atoms with van der Waals surface area (Å²) >= 11 is 0. The van der Waals surface area contributed by atoms with E-state index in [1.54, 1.807) is 60.0 Å². The van der Waals surface area contributed by atoms with E-state index < -0.39 is 0 Å². The number of hydrogen-bond acceptors (Lipinski definition) is 8. The van der Waals surface area contributed by atoms with Crippen LogP contribution in [0.4, 0.5) is 17.3 Å². The molecule has 35 heavy (non-hydrogen) atoms. The van der Waals surface area contributed by atoms with Gasteiger partial charge in [0.2, 0.25) is 0 Å². The first-order valence-electron chi connectivity index (χ1n) is 11.5. The quantitative estimate of drug-likeness (QED) is 0.380. The van der Waals surface area contributed by atoms with Crippen molar-refractivity contribution >= 4 is 28.9 Å². The Hall–Kier alpha value is -4.19. The number of nitrogens with one attached hydrogen (secondary N) is 3. The fourth-order valence-corrected chi connectivity index (χ4v) is 4.81. The smallest absolute Gasteiger partial charge is 0.280 e. The molecule has 4 aromatic heterocycles. The van der Waals surface area contributed by atoms with E-state index in [0.717, 1.165) is 19.4 Å². The molecule has 180 valence electrons. The topological polar surface area (TPSA) is 132 Å². The van der Waals surface area contributed by atoms with E-state index in [2.05, 4.69) is 31.1 Å². The van der Waals surface area contributed by atoms with Crippen LogP contribution in [-0.2, 0) is 11.8 Å². The number of carbonyl (C=O) groups is 1. The number of pyridine rings is 1. The molecule has 1 saturated carbocycles. The Morgan fingerprint density at radius 3 is 2.91 bits per heavy atom. The minimum absolute atomic E-state index is 0.00408. The van der Waals surface area contributed by atoms with Crippen LogP contribution in [-0.4, -0.2) is 60.7 Å². The molecular weight excluding hydrogens is 450 g/mol. The molecule has 5 heterocycles. The molecule has 1 saturated heterocycles. The third-order valence-electron chi connectivity index (χ3n) is 6.66. The van der Waals surface area contributed by atoms with E-state index >= 15 is 0 Å². The Kier molecular flexibility index (Phi) is 5.02. The second-order valence-corrected chi connectivity index (χ2v) is 8.84. The maximum Gasteiger partial charge on any atom is 0.280 e. The number of nitrogens with zero attached hydrogens (tertiary/aromatic N) is 6. The Morgan fingerprint density at radius 2 is 2.14 bits per heavy atom. The molecule has 0 spiro atoms. The number of carbonyl (C=O) groups excluding carboxylic acids is 1. The molecule has 1 unspecified atom stereocenters. The molecule has 1 amide bonds. The van der Waals surface area contributed by atoms with Crippen molar-refractivity contribution in [3.05, 3.63) is 58.8 Å². The van der Waals surface area contributed by atoms with Gasteiger partial charge in [0, 0.05) is 45.2 Å². The summed E-state index contributed by atoms with van der Waals surface area (Å²) in [6, 6.07) is 6.91. The number of amides is 1. The zero-order valence-electron chi connectivity index (χ0n) is 19.3. The van der Waals surface area contributed by atoms with Crippen molar-refractivity contribution in [2.75, 3.05) is 24.3 Å². The predicted octanol–water partition coefficient (Wildman–Crippen LogP) is 1.31. The van der Waals surface area contributed by atoms with Gasteiger partial charge in [0.05, 0.1) is 18.3 Å². The summed E-state index contributed by atoms with van der Waals surface area (Å²) in [4.78, 5) is 30.8. The Bertz CT molecular complexity index is 1490. The van der Waals surface area contributed by atoms with Crippen molar-refractivity contribution in [1.82, 2.24) is 34.3 Å². The predicted molar refractivity (Wildman–Crippen MR) is 128 cm³/mol. The first-order valence-corrected chi connectivity index (χ1v) is 11.5. The van der Waals surface area contributed by atoms with Crippen LogP contribution in [0.25, 0.3) is 11.5 Å². The highest BCUT2D eigenvalue weighted by Crippen LogP contribution is 2.38. The molecule has 0 bridgehead atoms. The molecule has 3 N–H and O–H groups in total. The van der Waals surface area contributed by atoms with Crippen LogP contribution in [0.15, 0.2) is 47.7 Å². The van der Waals surface area contributed by atoms with Gasteiger partial charge in [-0.05, 0) is 30.9 Å². The molecule has 3 atom stereocenters. The van der Waals surface area contributed by atoms with Crippen LogP contribution in [0.1, 0.15) is 23.2 Å². The number of hydrogen-bond donors (Lipinski definition) is 3. The maximum atomic E-state index is 13.1. The fraction of sp³-hybridized carbons (Fsp3) is 0.348. The SMILES string of the molecule is CNc1cc(Nc2cccn(-c3ccn(C)n3)c2=O)nc2c(C(=O)NC3C[C@@H]4CCO[C@H]34)cnn12. The molecule has 0 aromatic carbocycles. The molecule has 6 rings (SSSR count). The second kappa shape index (κ2) is 8.24. The van der Waals surface area contributed by atoms with Crippen molar-refractivity contribution < 1.29 is 9.53 Å². The lowest BCUT2D eigenvalue weighted by molar-refractivity contribution is -0.000551. The van der Waals surface area contributed by atoms with Gasteiger partial charge in [-0.25, -0.2) is 4.98 Å². The molecule has 0 radical (unpaired) electrons. The summed E-state index contributed by atoms with van der Waals surface area (Å²) in [5.74, 6) is 1.81. The number of rotatable bonds is 6. The third kappa shape index (κ3) is 3.62. The van der Waals surface area contributed by atoms with Gasteiger partial charge >= 0.3 is 0 Å². The molecule has 1 aliphatic heterocycles. The first kappa shape index (κ1) is 21.4. The minimum Gasteiger partial charge on any atom is -0.376 e. The average molecular weight is 476 g/mol. The summed E-state index contributed by atoms with van der Waals surface area (Å²) in [5, 5.41) is 17.9. The molecule has 2 fully saturated rings. The lowest BCUT2D eigenvalue weighted by Gasteiger charge is -2.39. The minimum atomic E-state index is -0.276. The highest BCUT2D eigenvalue weighted by atomic mass is 16.5. The number of anilines is 3. The molecule has 1 aliphatic carbocycles. The van der Waals surface area contributed by atoms with Crippen LogP contribution in [0.2, 0.25) is 0 Å². The summed E-state index contributed by atoms with van der Waals surface area (Å²) in [7, 11) is 3.54. The van der Waals surface area contributed by atoms with Crippen LogP contribution in [0, 0.1) is 5.92 Å². The fourth-order valence-electron chi connectivity index (χ4n) is 4.81. The van der Waals surface area contributed by atoms with Crippen LogP contribution in [0.5, 0.6) is 0 Å². The number of aryl methyl sites for hydroxylation is 1. The summed E-state index contributed by atoms with van der Waals surface area (Å²) in [6.45, 7) is 0.752. The van der Waals surface area contributed by atoms with Gasteiger partial charge in [-0.3, -0.25) is 18.8 Å². The average Bonchev–Trinajstić information content (AvgIpc) is 3.56. The van der Waals surface area contributed by atoms with Crippen molar-refractivity contribution in [3.63, 3.8) is 0 Å². The van der Waals surface area contributed by atoms with Crippen LogP contribution in [0.3, 0.4) is 0 Å². The summed E-state index contributed by atoms with van der Waals surface area (Å²) in [6.07, 6.45) is 7.00. The lowest BCUT2D eigenvalue weighted by Crippen LogP contribution is -2.54. The highest BCUT2D eigenvalue weighted by molar-refractivity contribution is 6.00.